The van der Waals surface area contributed by atoms with Crippen LogP contribution >= 0.6 is 0 Å². The maximum Gasteiger partial charge on any atom is 0.330 e. The molecule has 0 saturated carbocycles. The van der Waals surface area contributed by atoms with Crippen molar-refractivity contribution in [3.05, 3.63) is 68.9 Å². The van der Waals surface area contributed by atoms with E-state index < -0.39 is 17.0 Å². The van der Waals surface area contributed by atoms with Crippen LogP contribution in [-0.2, 0) is 11.3 Å². The number of benzene rings is 1. The van der Waals surface area contributed by atoms with E-state index in [2.05, 4.69) is 15.1 Å². The summed E-state index contributed by atoms with van der Waals surface area (Å²) < 4.78 is 7.73. The van der Waals surface area contributed by atoms with E-state index in [0.717, 1.165) is 15.8 Å². The SMILES string of the molecule is COCCn1c(N)c(C(=O)CN(C)[C@H](C)c2ccc(-n3cncn3)cc2)c(=O)[nH]c1=O. The molecule has 3 N–H and O–H groups in total. The van der Waals surface area contributed by atoms with E-state index in [1.165, 1.54) is 13.4 Å². The molecule has 0 aliphatic rings. The second kappa shape index (κ2) is 9.49. The minimum atomic E-state index is -0.792. The van der Waals surface area contributed by atoms with Crippen LogP contribution in [0.25, 0.3) is 5.69 Å². The molecule has 0 aliphatic carbocycles. The number of ether oxygens (including phenoxy) is 1. The molecule has 2 heterocycles. The Balaban J connectivity index is 1.77. The maximum atomic E-state index is 12.9. The van der Waals surface area contributed by atoms with Crippen molar-refractivity contribution in [2.75, 3.05) is 33.0 Å². The van der Waals surface area contributed by atoms with E-state index in [-0.39, 0.29) is 37.1 Å². The molecule has 11 nitrogen and oxygen atoms in total. The van der Waals surface area contributed by atoms with Gasteiger partial charge in [0.25, 0.3) is 5.56 Å². The summed E-state index contributed by atoms with van der Waals surface area (Å²) in [4.78, 5) is 45.0. The van der Waals surface area contributed by atoms with Crippen molar-refractivity contribution in [2.45, 2.75) is 19.5 Å². The minimum absolute atomic E-state index is 0.0538. The summed E-state index contributed by atoms with van der Waals surface area (Å²) in [6, 6.07) is 7.58. The highest BCUT2D eigenvalue weighted by atomic mass is 16.5. The number of methoxy groups -OCH3 is 1. The van der Waals surface area contributed by atoms with Crippen molar-refractivity contribution < 1.29 is 9.53 Å². The van der Waals surface area contributed by atoms with Gasteiger partial charge in [-0.05, 0) is 31.7 Å². The molecule has 11 heteroatoms. The Labute approximate surface area is 178 Å². The lowest BCUT2D eigenvalue weighted by molar-refractivity contribution is 0.0923. The zero-order chi connectivity index (χ0) is 22.5. The first kappa shape index (κ1) is 22.1. The largest absolute Gasteiger partial charge is 0.384 e. The number of likely N-dealkylation sites (N-methyl/N-ethyl adjacent to an activating group) is 1. The standard InChI is InChI=1S/C20H25N7O4/c1-13(14-4-6-15(7-5-14)27-12-22-11-23-27)25(2)10-16(28)17-18(21)26(8-9-31-3)20(30)24-19(17)29/h4-7,11-13H,8-10,21H2,1-3H3,(H,24,29,30)/t13-/m1/s1. The summed E-state index contributed by atoms with van der Waals surface area (Å²) in [5, 5.41) is 4.09. The summed E-state index contributed by atoms with van der Waals surface area (Å²) in [7, 11) is 3.26. The third kappa shape index (κ3) is 4.78. The van der Waals surface area contributed by atoms with Crippen LogP contribution in [0.2, 0.25) is 0 Å². The summed E-state index contributed by atoms with van der Waals surface area (Å²) in [6.45, 7) is 2.24. The first-order valence-electron chi connectivity index (χ1n) is 9.63. The Hall–Kier alpha value is -3.57. The first-order valence-corrected chi connectivity index (χ1v) is 9.63. The number of ketones is 1. The van der Waals surface area contributed by atoms with E-state index in [1.54, 1.807) is 23.0 Å². The molecule has 2 aromatic heterocycles. The second-order valence-electron chi connectivity index (χ2n) is 7.11. The number of carbonyl (C=O) groups excluding carboxylic acids is 1. The van der Waals surface area contributed by atoms with Crippen molar-refractivity contribution in [3.63, 3.8) is 0 Å². The number of H-pyrrole nitrogens is 1. The van der Waals surface area contributed by atoms with Gasteiger partial charge in [-0.1, -0.05) is 12.1 Å². The van der Waals surface area contributed by atoms with Crippen LogP contribution in [0.5, 0.6) is 0 Å². The third-order valence-corrected chi connectivity index (χ3v) is 5.15. The molecule has 3 rings (SSSR count). The molecule has 0 bridgehead atoms. The highest BCUT2D eigenvalue weighted by molar-refractivity contribution is 6.01. The highest BCUT2D eigenvalue weighted by Gasteiger charge is 2.22. The topological polar surface area (TPSA) is 141 Å². The highest BCUT2D eigenvalue weighted by Crippen LogP contribution is 2.20. The molecule has 0 radical (unpaired) electrons. The molecule has 0 unspecified atom stereocenters. The van der Waals surface area contributed by atoms with Crippen LogP contribution in [0.1, 0.15) is 28.9 Å². The molecule has 0 aliphatic heterocycles. The van der Waals surface area contributed by atoms with Crippen LogP contribution in [0, 0.1) is 0 Å². The zero-order valence-electron chi connectivity index (χ0n) is 17.6. The number of nitrogens with zero attached hydrogens (tertiary/aromatic N) is 5. The van der Waals surface area contributed by atoms with Crippen molar-refractivity contribution in [2.24, 2.45) is 0 Å². The molecule has 0 saturated heterocycles. The normalized spacial score (nSPS) is 12.3. The van der Waals surface area contributed by atoms with Gasteiger partial charge in [0.05, 0.1) is 25.4 Å². The minimum Gasteiger partial charge on any atom is -0.384 e. The van der Waals surface area contributed by atoms with E-state index in [0.29, 0.717) is 0 Å². The second-order valence-corrected chi connectivity index (χ2v) is 7.11. The molecular weight excluding hydrogens is 402 g/mol. The number of hydrogen-bond donors (Lipinski definition) is 2. The number of aromatic nitrogens is 5. The van der Waals surface area contributed by atoms with Gasteiger partial charge >= 0.3 is 5.69 Å². The molecule has 164 valence electrons. The van der Waals surface area contributed by atoms with Crippen LogP contribution in [0.3, 0.4) is 0 Å². The van der Waals surface area contributed by atoms with Gasteiger partial charge < -0.3 is 10.5 Å². The van der Waals surface area contributed by atoms with Crippen molar-refractivity contribution in [1.82, 2.24) is 29.2 Å². The fraction of sp³-hybridized carbons (Fsp3) is 0.350. The number of anilines is 1. The van der Waals surface area contributed by atoms with E-state index in [1.807, 2.05) is 31.2 Å². The Morgan fingerprint density at radius 2 is 2.00 bits per heavy atom. The average Bonchev–Trinajstić information content (AvgIpc) is 3.28. The van der Waals surface area contributed by atoms with Gasteiger partial charge in [-0.2, -0.15) is 5.10 Å². The number of nitrogens with one attached hydrogen (secondary N) is 1. The lowest BCUT2D eigenvalue weighted by Crippen LogP contribution is -2.39. The monoisotopic (exact) mass is 427 g/mol. The fourth-order valence-electron chi connectivity index (χ4n) is 3.21. The Bertz CT molecular complexity index is 1150. The lowest BCUT2D eigenvalue weighted by Gasteiger charge is -2.24. The van der Waals surface area contributed by atoms with Crippen molar-refractivity contribution >= 4 is 11.6 Å². The van der Waals surface area contributed by atoms with E-state index in [4.69, 9.17) is 10.5 Å². The molecule has 1 atom stereocenters. The lowest BCUT2D eigenvalue weighted by atomic mass is 10.1. The van der Waals surface area contributed by atoms with Gasteiger partial charge in [0, 0.05) is 13.2 Å². The smallest absolute Gasteiger partial charge is 0.330 e. The van der Waals surface area contributed by atoms with Gasteiger partial charge in [0.2, 0.25) is 0 Å². The number of hydrogen-bond acceptors (Lipinski definition) is 8. The van der Waals surface area contributed by atoms with Gasteiger partial charge in [0.15, 0.2) is 5.78 Å². The molecule has 1 aromatic carbocycles. The predicted molar refractivity (Wildman–Crippen MR) is 114 cm³/mol. The average molecular weight is 427 g/mol. The number of aromatic amines is 1. The Morgan fingerprint density at radius 1 is 1.29 bits per heavy atom. The quantitative estimate of drug-likeness (QED) is 0.462. The number of nitrogen functional groups attached to an aromatic ring is 1. The summed E-state index contributed by atoms with van der Waals surface area (Å²) in [6.07, 6.45) is 3.07. The Kier molecular flexibility index (Phi) is 6.78. The van der Waals surface area contributed by atoms with Gasteiger partial charge in [-0.3, -0.25) is 24.0 Å². The fourth-order valence-corrected chi connectivity index (χ4v) is 3.21. The van der Waals surface area contributed by atoms with Gasteiger partial charge in [-0.15, -0.1) is 0 Å². The maximum absolute atomic E-state index is 12.9. The molecular formula is C20H25N7O4. The predicted octanol–water partition coefficient (Wildman–Crippen LogP) is 0.222. The summed E-state index contributed by atoms with van der Waals surface area (Å²) in [5.41, 5.74) is 6.14. The number of rotatable bonds is 9. The van der Waals surface area contributed by atoms with Crippen LogP contribution in [0.4, 0.5) is 5.82 Å². The van der Waals surface area contributed by atoms with Crippen LogP contribution < -0.4 is 17.0 Å². The molecule has 3 aromatic rings. The molecule has 31 heavy (non-hydrogen) atoms. The summed E-state index contributed by atoms with van der Waals surface area (Å²) >= 11 is 0. The number of Topliss-reactive ketones (excluding diaryl/α,β-unsaturated/α-hetero) is 1. The van der Waals surface area contributed by atoms with Gasteiger partial charge in [0.1, 0.15) is 24.0 Å². The number of carbonyl (C=O) groups is 1. The van der Waals surface area contributed by atoms with Crippen molar-refractivity contribution in [3.8, 4) is 5.69 Å². The first-order chi connectivity index (χ1) is 14.8. The third-order valence-electron chi connectivity index (χ3n) is 5.15. The molecule has 0 fully saturated rings. The molecule has 0 amide bonds. The van der Waals surface area contributed by atoms with Crippen LogP contribution in [-0.4, -0.2) is 62.3 Å². The van der Waals surface area contributed by atoms with Crippen molar-refractivity contribution in [1.29, 1.82) is 0 Å². The molecule has 0 spiro atoms. The number of nitrogens with two attached hydrogens (primary N) is 1. The summed E-state index contributed by atoms with van der Waals surface area (Å²) in [5.74, 6) is -0.632. The zero-order valence-corrected chi connectivity index (χ0v) is 17.6. The Morgan fingerprint density at radius 3 is 2.61 bits per heavy atom. The van der Waals surface area contributed by atoms with E-state index in [9.17, 15) is 14.4 Å². The van der Waals surface area contributed by atoms with Crippen LogP contribution in [0.15, 0.2) is 46.5 Å². The van der Waals surface area contributed by atoms with Gasteiger partial charge in [-0.25, -0.2) is 14.5 Å². The van der Waals surface area contributed by atoms with E-state index >= 15 is 0 Å².